The summed E-state index contributed by atoms with van der Waals surface area (Å²) >= 11 is 0. The molecular formula is C16H18N2O. The molecule has 0 bridgehead atoms. The van der Waals surface area contributed by atoms with Crippen molar-refractivity contribution in [3.63, 3.8) is 0 Å². The molecule has 3 nitrogen and oxygen atoms in total. The van der Waals surface area contributed by atoms with Gasteiger partial charge in [0.25, 0.3) is 0 Å². The molecule has 2 aromatic carbocycles. The summed E-state index contributed by atoms with van der Waals surface area (Å²) in [6.07, 6.45) is 0.0682. The van der Waals surface area contributed by atoms with Gasteiger partial charge in [-0.2, -0.15) is 0 Å². The summed E-state index contributed by atoms with van der Waals surface area (Å²) in [7, 11) is 0. The zero-order chi connectivity index (χ0) is 13.1. The van der Waals surface area contributed by atoms with Gasteiger partial charge < -0.3 is 15.4 Å². The highest BCUT2D eigenvalue weighted by Crippen LogP contribution is 2.33. The molecule has 0 saturated heterocycles. The van der Waals surface area contributed by atoms with Crippen LogP contribution in [0.25, 0.3) is 0 Å². The van der Waals surface area contributed by atoms with Crippen LogP contribution in [0.1, 0.15) is 5.56 Å². The maximum atomic E-state index is 5.88. The van der Waals surface area contributed by atoms with E-state index >= 15 is 0 Å². The summed E-state index contributed by atoms with van der Waals surface area (Å²) in [4.78, 5) is 2.34. The summed E-state index contributed by atoms with van der Waals surface area (Å²) in [5.41, 5.74) is 8.21. The van der Waals surface area contributed by atoms with Crippen LogP contribution < -0.4 is 15.4 Å². The fraction of sp³-hybridized carbons (Fsp3) is 0.250. The number of ether oxygens (including phenoxy) is 1. The normalized spacial score (nSPS) is 17.7. The number of fused-ring (bicyclic) bond motifs is 1. The Morgan fingerprint density at radius 3 is 2.58 bits per heavy atom. The number of para-hydroxylation sites is 2. The van der Waals surface area contributed by atoms with Gasteiger partial charge in [-0.25, -0.2) is 0 Å². The Morgan fingerprint density at radius 1 is 1.05 bits per heavy atom. The fourth-order valence-corrected chi connectivity index (χ4v) is 2.46. The van der Waals surface area contributed by atoms with Crippen LogP contribution in [-0.2, 0) is 6.54 Å². The average molecular weight is 254 g/mol. The van der Waals surface area contributed by atoms with Crippen LogP contribution in [-0.4, -0.2) is 19.2 Å². The van der Waals surface area contributed by atoms with E-state index < -0.39 is 0 Å². The molecule has 19 heavy (non-hydrogen) atoms. The van der Waals surface area contributed by atoms with Gasteiger partial charge in [-0.05, 0) is 17.7 Å². The van der Waals surface area contributed by atoms with Crippen molar-refractivity contribution in [1.82, 2.24) is 0 Å². The van der Waals surface area contributed by atoms with Gasteiger partial charge in [-0.3, -0.25) is 0 Å². The number of benzene rings is 2. The van der Waals surface area contributed by atoms with Crippen molar-refractivity contribution < 1.29 is 4.74 Å². The summed E-state index contributed by atoms with van der Waals surface area (Å²) < 4.78 is 5.88. The molecule has 0 unspecified atom stereocenters. The number of anilines is 1. The van der Waals surface area contributed by atoms with Crippen LogP contribution >= 0.6 is 0 Å². The van der Waals surface area contributed by atoms with E-state index in [9.17, 15) is 0 Å². The second-order valence-electron chi connectivity index (χ2n) is 4.81. The Kier molecular flexibility index (Phi) is 3.38. The number of hydrogen-bond acceptors (Lipinski definition) is 3. The number of hydrogen-bond donors (Lipinski definition) is 1. The Bertz CT molecular complexity index is 541. The van der Waals surface area contributed by atoms with Gasteiger partial charge in [0.1, 0.15) is 11.9 Å². The maximum Gasteiger partial charge on any atom is 0.143 e. The molecule has 3 rings (SSSR count). The van der Waals surface area contributed by atoms with Crippen LogP contribution in [0.15, 0.2) is 54.6 Å². The number of nitrogens with two attached hydrogens (primary N) is 1. The molecule has 0 saturated carbocycles. The first kappa shape index (κ1) is 12.1. The van der Waals surface area contributed by atoms with Crippen molar-refractivity contribution in [2.75, 3.05) is 18.0 Å². The third-order valence-corrected chi connectivity index (χ3v) is 3.40. The molecule has 1 aliphatic rings. The highest BCUT2D eigenvalue weighted by molar-refractivity contribution is 5.60. The second-order valence-corrected chi connectivity index (χ2v) is 4.81. The van der Waals surface area contributed by atoms with Crippen molar-refractivity contribution in [2.24, 2.45) is 5.73 Å². The predicted octanol–water partition coefficient (Wildman–Crippen LogP) is 2.41. The molecule has 0 spiro atoms. The lowest BCUT2D eigenvalue weighted by Gasteiger charge is -2.36. The molecule has 98 valence electrons. The summed E-state index contributed by atoms with van der Waals surface area (Å²) in [5.74, 6) is 0.931. The third-order valence-electron chi connectivity index (χ3n) is 3.40. The van der Waals surface area contributed by atoms with Gasteiger partial charge in [-0.1, -0.05) is 42.5 Å². The van der Waals surface area contributed by atoms with Gasteiger partial charge in [0.2, 0.25) is 0 Å². The van der Waals surface area contributed by atoms with Crippen LogP contribution in [0.5, 0.6) is 5.75 Å². The first-order valence-corrected chi connectivity index (χ1v) is 6.61. The van der Waals surface area contributed by atoms with Crippen molar-refractivity contribution in [1.29, 1.82) is 0 Å². The van der Waals surface area contributed by atoms with E-state index in [4.69, 9.17) is 10.5 Å². The van der Waals surface area contributed by atoms with E-state index in [1.165, 1.54) is 5.56 Å². The van der Waals surface area contributed by atoms with Crippen molar-refractivity contribution in [2.45, 2.75) is 12.6 Å². The fourth-order valence-electron chi connectivity index (χ4n) is 2.46. The smallest absolute Gasteiger partial charge is 0.143 e. The van der Waals surface area contributed by atoms with Gasteiger partial charge in [0.05, 0.1) is 12.2 Å². The molecule has 0 fully saturated rings. The minimum Gasteiger partial charge on any atom is -0.485 e. The standard InChI is InChI=1S/C16H18N2O/c17-10-14-12-18(11-13-6-2-1-3-7-13)15-8-4-5-9-16(15)19-14/h1-9,14H,10-12,17H2/t14-/m1/s1. The molecular weight excluding hydrogens is 236 g/mol. The summed E-state index contributed by atoms with van der Waals surface area (Å²) in [6.45, 7) is 2.26. The van der Waals surface area contributed by atoms with E-state index in [0.717, 1.165) is 24.5 Å². The van der Waals surface area contributed by atoms with E-state index in [-0.39, 0.29) is 6.10 Å². The molecule has 3 heteroatoms. The lowest BCUT2D eigenvalue weighted by atomic mass is 10.1. The molecule has 2 aromatic rings. The number of nitrogens with zero attached hydrogens (tertiary/aromatic N) is 1. The van der Waals surface area contributed by atoms with Crippen LogP contribution in [0, 0.1) is 0 Å². The van der Waals surface area contributed by atoms with Gasteiger partial charge in [0, 0.05) is 13.1 Å². The number of rotatable bonds is 3. The molecule has 2 N–H and O–H groups in total. The maximum absolute atomic E-state index is 5.88. The molecule has 0 aromatic heterocycles. The molecule has 0 aliphatic carbocycles. The van der Waals surface area contributed by atoms with Gasteiger partial charge in [0.15, 0.2) is 0 Å². The molecule has 0 amide bonds. The Labute approximate surface area is 113 Å². The Balaban J connectivity index is 1.88. The van der Waals surface area contributed by atoms with Crippen molar-refractivity contribution in [3.8, 4) is 5.75 Å². The van der Waals surface area contributed by atoms with Crippen LogP contribution in [0.4, 0.5) is 5.69 Å². The summed E-state index contributed by atoms with van der Waals surface area (Å²) in [6, 6.07) is 18.6. The average Bonchev–Trinajstić information content (AvgIpc) is 2.48. The molecule has 1 heterocycles. The first-order valence-electron chi connectivity index (χ1n) is 6.61. The topological polar surface area (TPSA) is 38.5 Å². The summed E-state index contributed by atoms with van der Waals surface area (Å²) in [5, 5.41) is 0. The van der Waals surface area contributed by atoms with E-state index in [2.05, 4.69) is 35.2 Å². The van der Waals surface area contributed by atoms with Gasteiger partial charge in [-0.15, -0.1) is 0 Å². The van der Waals surface area contributed by atoms with Crippen LogP contribution in [0.3, 0.4) is 0 Å². The quantitative estimate of drug-likeness (QED) is 0.914. The largest absolute Gasteiger partial charge is 0.485 e. The van der Waals surface area contributed by atoms with Crippen LogP contribution in [0.2, 0.25) is 0 Å². The predicted molar refractivity (Wildman–Crippen MR) is 77.4 cm³/mol. The lowest BCUT2D eigenvalue weighted by molar-refractivity contribution is 0.200. The zero-order valence-electron chi connectivity index (χ0n) is 10.8. The molecule has 1 atom stereocenters. The van der Waals surface area contributed by atoms with E-state index in [1.54, 1.807) is 0 Å². The first-order chi connectivity index (χ1) is 9.36. The molecule has 1 aliphatic heterocycles. The Morgan fingerprint density at radius 2 is 1.79 bits per heavy atom. The lowest BCUT2D eigenvalue weighted by Crippen LogP contribution is -2.43. The SMILES string of the molecule is NC[C@@H]1CN(Cc2ccccc2)c2ccccc2O1. The second kappa shape index (κ2) is 5.33. The van der Waals surface area contributed by atoms with E-state index in [1.807, 2.05) is 24.3 Å². The van der Waals surface area contributed by atoms with Crippen molar-refractivity contribution in [3.05, 3.63) is 60.2 Å². The van der Waals surface area contributed by atoms with Gasteiger partial charge >= 0.3 is 0 Å². The van der Waals surface area contributed by atoms with E-state index in [0.29, 0.717) is 6.54 Å². The van der Waals surface area contributed by atoms with Crippen molar-refractivity contribution >= 4 is 5.69 Å². The Hall–Kier alpha value is -2.00. The monoisotopic (exact) mass is 254 g/mol. The minimum absolute atomic E-state index is 0.0682. The highest BCUT2D eigenvalue weighted by Gasteiger charge is 2.24. The minimum atomic E-state index is 0.0682. The zero-order valence-corrected chi connectivity index (χ0v) is 10.8. The highest BCUT2D eigenvalue weighted by atomic mass is 16.5. The molecule has 0 radical (unpaired) electrons. The third kappa shape index (κ3) is 2.56.